The van der Waals surface area contributed by atoms with Crippen molar-refractivity contribution >= 4 is 11.6 Å². The van der Waals surface area contributed by atoms with Gasteiger partial charge >= 0.3 is 0 Å². The maximum Gasteiger partial charge on any atom is 0.262 e. The summed E-state index contributed by atoms with van der Waals surface area (Å²) >= 11 is 0. The number of hydrogen-bond donors (Lipinski definition) is 2. The Bertz CT molecular complexity index is 470. The van der Waals surface area contributed by atoms with Gasteiger partial charge in [0.15, 0.2) is 6.61 Å². The lowest BCUT2D eigenvalue weighted by Crippen LogP contribution is -2.32. The third-order valence-corrected chi connectivity index (χ3v) is 4.06. The van der Waals surface area contributed by atoms with Crippen LogP contribution in [0.1, 0.15) is 39.2 Å². The fourth-order valence-electron chi connectivity index (χ4n) is 2.68. The third-order valence-electron chi connectivity index (χ3n) is 4.06. The summed E-state index contributed by atoms with van der Waals surface area (Å²) in [4.78, 5) is 11.3. The minimum atomic E-state index is -0.0898. The van der Waals surface area contributed by atoms with Gasteiger partial charge in [0.25, 0.3) is 5.91 Å². The lowest BCUT2D eigenvalue weighted by Gasteiger charge is -2.23. The first-order valence-electron chi connectivity index (χ1n) is 7.43. The first kappa shape index (κ1) is 14.9. The summed E-state index contributed by atoms with van der Waals surface area (Å²) in [7, 11) is 0. The molecule has 4 nitrogen and oxygen atoms in total. The Hall–Kier alpha value is -1.55. The van der Waals surface area contributed by atoms with E-state index >= 15 is 0 Å². The molecule has 1 atom stereocenters. The molecule has 2 N–H and O–H groups in total. The van der Waals surface area contributed by atoms with Crippen LogP contribution in [0.15, 0.2) is 18.2 Å². The number of nitrogens with one attached hydrogen (secondary N) is 2. The molecular weight excluding hydrogens is 252 g/mol. The molecule has 0 saturated carbocycles. The van der Waals surface area contributed by atoms with E-state index in [1.54, 1.807) is 0 Å². The molecule has 110 valence electrons. The van der Waals surface area contributed by atoms with Crippen molar-refractivity contribution in [3.8, 4) is 5.75 Å². The normalized spacial score (nSPS) is 15.5. The van der Waals surface area contributed by atoms with Crippen LogP contribution in [0.4, 0.5) is 5.69 Å². The number of carbonyl (C=O) groups is 1. The number of anilines is 1. The van der Waals surface area contributed by atoms with Gasteiger partial charge in [-0.05, 0) is 30.5 Å². The third kappa shape index (κ3) is 3.51. The van der Waals surface area contributed by atoms with Crippen LogP contribution >= 0.6 is 0 Å². The van der Waals surface area contributed by atoms with E-state index in [0.717, 1.165) is 23.5 Å². The zero-order valence-electron chi connectivity index (χ0n) is 12.5. The van der Waals surface area contributed by atoms with Gasteiger partial charge in [-0.15, -0.1) is 0 Å². The van der Waals surface area contributed by atoms with Crippen LogP contribution in [0.2, 0.25) is 0 Å². The van der Waals surface area contributed by atoms with E-state index in [2.05, 4.69) is 31.4 Å². The molecule has 0 aliphatic carbocycles. The first-order chi connectivity index (χ1) is 9.63. The highest BCUT2D eigenvalue weighted by Crippen LogP contribution is 2.28. The number of rotatable bonds is 6. The number of benzene rings is 1. The van der Waals surface area contributed by atoms with E-state index in [1.807, 2.05) is 18.2 Å². The standard InChI is InChI=1S/C16H24N2O2/c1-4-13(5-2)11(3)17-9-12-6-7-15-14(8-12)18-16(19)10-20-15/h6-8,11,13,17H,4-5,9-10H2,1-3H3,(H,18,19). The second-order valence-electron chi connectivity index (χ2n) is 5.41. The zero-order chi connectivity index (χ0) is 14.5. The number of fused-ring (bicyclic) bond motifs is 1. The van der Waals surface area contributed by atoms with Gasteiger partial charge in [0.05, 0.1) is 5.69 Å². The quantitative estimate of drug-likeness (QED) is 0.840. The van der Waals surface area contributed by atoms with E-state index in [1.165, 1.54) is 12.8 Å². The van der Waals surface area contributed by atoms with Crippen LogP contribution in [-0.2, 0) is 11.3 Å². The predicted molar refractivity (Wildman–Crippen MR) is 80.9 cm³/mol. The Kier molecular flexibility index (Phi) is 5.01. The van der Waals surface area contributed by atoms with E-state index < -0.39 is 0 Å². The highest BCUT2D eigenvalue weighted by molar-refractivity contribution is 5.95. The Morgan fingerprint density at radius 1 is 1.35 bits per heavy atom. The molecule has 20 heavy (non-hydrogen) atoms. The summed E-state index contributed by atoms with van der Waals surface area (Å²) in [6.45, 7) is 7.62. The van der Waals surface area contributed by atoms with Gasteiger partial charge < -0.3 is 15.4 Å². The van der Waals surface area contributed by atoms with Crippen molar-refractivity contribution in [2.45, 2.75) is 46.2 Å². The molecule has 1 aliphatic rings. The average molecular weight is 276 g/mol. The number of hydrogen-bond acceptors (Lipinski definition) is 3. The lowest BCUT2D eigenvalue weighted by atomic mass is 9.95. The maximum atomic E-state index is 11.3. The average Bonchev–Trinajstić information content (AvgIpc) is 2.46. The van der Waals surface area contributed by atoms with Crippen LogP contribution in [0, 0.1) is 5.92 Å². The van der Waals surface area contributed by atoms with Gasteiger partial charge in [-0.25, -0.2) is 0 Å². The maximum absolute atomic E-state index is 11.3. The van der Waals surface area contributed by atoms with Crippen molar-refractivity contribution in [3.05, 3.63) is 23.8 Å². The van der Waals surface area contributed by atoms with Gasteiger partial charge in [0.1, 0.15) is 5.75 Å². The summed E-state index contributed by atoms with van der Waals surface area (Å²) in [5.41, 5.74) is 1.93. The fourth-order valence-corrected chi connectivity index (χ4v) is 2.68. The van der Waals surface area contributed by atoms with Crippen LogP contribution < -0.4 is 15.4 Å². The topological polar surface area (TPSA) is 50.4 Å². The smallest absolute Gasteiger partial charge is 0.262 e. The largest absolute Gasteiger partial charge is 0.482 e. The van der Waals surface area contributed by atoms with Gasteiger partial charge in [0.2, 0.25) is 0 Å². The molecule has 0 aromatic heterocycles. The molecule has 1 aromatic carbocycles. The minimum absolute atomic E-state index is 0.0898. The second kappa shape index (κ2) is 6.75. The number of ether oxygens (including phenoxy) is 1. The Balaban J connectivity index is 1.97. The van der Waals surface area contributed by atoms with Gasteiger partial charge in [-0.1, -0.05) is 32.8 Å². The molecule has 0 bridgehead atoms. The minimum Gasteiger partial charge on any atom is -0.482 e. The molecule has 4 heteroatoms. The summed E-state index contributed by atoms with van der Waals surface area (Å²) in [6.07, 6.45) is 2.39. The van der Waals surface area contributed by atoms with Crippen molar-refractivity contribution in [1.29, 1.82) is 0 Å². The first-order valence-corrected chi connectivity index (χ1v) is 7.43. The molecule has 0 radical (unpaired) electrons. The molecule has 1 aliphatic heterocycles. The molecular formula is C16H24N2O2. The fraction of sp³-hybridized carbons (Fsp3) is 0.562. The lowest BCUT2D eigenvalue weighted by molar-refractivity contribution is -0.118. The van der Waals surface area contributed by atoms with E-state index in [0.29, 0.717) is 12.0 Å². The highest BCUT2D eigenvalue weighted by atomic mass is 16.5. The SMILES string of the molecule is CCC(CC)C(C)NCc1ccc2c(c1)NC(=O)CO2. The molecule has 1 aromatic rings. The molecule has 1 unspecified atom stereocenters. The summed E-state index contributed by atoms with van der Waals surface area (Å²) < 4.78 is 5.36. The van der Waals surface area contributed by atoms with Crippen molar-refractivity contribution in [3.63, 3.8) is 0 Å². The molecule has 1 amide bonds. The van der Waals surface area contributed by atoms with Gasteiger partial charge in [-0.2, -0.15) is 0 Å². The zero-order valence-corrected chi connectivity index (χ0v) is 12.5. The summed E-state index contributed by atoms with van der Waals surface area (Å²) in [5, 5.41) is 6.41. The summed E-state index contributed by atoms with van der Waals surface area (Å²) in [6, 6.07) is 6.45. The molecule has 0 fully saturated rings. The predicted octanol–water partition coefficient (Wildman–Crippen LogP) is 2.93. The molecule has 0 saturated heterocycles. The molecule has 1 heterocycles. The van der Waals surface area contributed by atoms with Crippen molar-refractivity contribution in [2.75, 3.05) is 11.9 Å². The Labute approximate surface area is 120 Å². The van der Waals surface area contributed by atoms with Gasteiger partial charge in [-0.3, -0.25) is 4.79 Å². The van der Waals surface area contributed by atoms with E-state index in [-0.39, 0.29) is 12.5 Å². The number of amides is 1. The van der Waals surface area contributed by atoms with Crippen LogP contribution in [0.25, 0.3) is 0 Å². The van der Waals surface area contributed by atoms with Crippen LogP contribution in [0.3, 0.4) is 0 Å². The van der Waals surface area contributed by atoms with Crippen LogP contribution in [-0.4, -0.2) is 18.6 Å². The number of carbonyl (C=O) groups excluding carboxylic acids is 1. The Morgan fingerprint density at radius 2 is 2.10 bits per heavy atom. The van der Waals surface area contributed by atoms with Crippen molar-refractivity contribution < 1.29 is 9.53 Å². The van der Waals surface area contributed by atoms with E-state index in [9.17, 15) is 4.79 Å². The van der Waals surface area contributed by atoms with E-state index in [4.69, 9.17) is 4.74 Å². The van der Waals surface area contributed by atoms with Crippen molar-refractivity contribution in [2.24, 2.45) is 5.92 Å². The Morgan fingerprint density at radius 3 is 2.80 bits per heavy atom. The highest BCUT2D eigenvalue weighted by Gasteiger charge is 2.16. The van der Waals surface area contributed by atoms with Crippen molar-refractivity contribution in [1.82, 2.24) is 5.32 Å². The summed E-state index contributed by atoms with van der Waals surface area (Å²) in [5.74, 6) is 1.37. The molecule has 2 rings (SSSR count). The monoisotopic (exact) mass is 276 g/mol. The second-order valence-corrected chi connectivity index (χ2v) is 5.41. The molecule has 0 spiro atoms. The van der Waals surface area contributed by atoms with Crippen LogP contribution in [0.5, 0.6) is 5.75 Å². The van der Waals surface area contributed by atoms with Gasteiger partial charge in [0, 0.05) is 12.6 Å².